The number of thiophene rings is 1. The summed E-state index contributed by atoms with van der Waals surface area (Å²) in [5.74, 6) is 0.0329. The molecule has 0 spiro atoms. The molecule has 0 aliphatic carbocycles. The van der Waals surface area contributed by atoms with E-state index in [-0.39, 0.29) is 23.9 Å². The van der Waals surface area contributed by atoms with Crippen LogP contribution in [0.25, 0.3) is 0 Å². The van der Waals surface area contributed by atoms with Gasteiger partial charge in [-0.05, 0) is 17.9 Å². The van der Waals surface area contributed by atoms with Crippen molar-refractivity contribution in [3.05, 3.63) is 35.0 Å². The third-order valence-corrected chi connectivity index (χ3v) is 4.94. The number of H-pyrrole nitrogens is 1. The Labute approximate surface area is 125 Å². The van der Waals surface area contributed by atoms with Gasteiger partial charge in [0.15, 0.2) is 0 Å². The topological polar surface area (TPSA) is 69.3 Å². The molecule has 7 heteroatoms. The fraction of sp³-hybridized carbons (Fsp3) is 0.357. The van der Waals surface area contributed by atoms with Gasteiger partial charge in [0.05, 0.1) is 30.3 Å². The molecular formula is C14H14N4O2S. The standard InChI is InChI=1S/C14H14N4O2S/c19-13-5-12-11(18(13)9-2-4-21-7-9)1-3-17(12)14(20)10-6-15-8-16-10/h2,4,6-8,11-12H,1,3,5H2,(H,15,16). The van der Waals surface area contributed by atoms with E-state index >= 15 is 0 Å². The summed E-state index contributed by atoms with van der Waals surface area (Å²) in [7, 11) is 0. The maximum Gasteiger partial charge on any atom is 0.272 e. The molecule has 2 atom stereocenters. The molecule has 0 bridgehead atoms. The Morgan fingerprint density at radius 3 is 3.05 bits per heavy atom. The molecule has 2 aliphatic heterocycles. The van der Waals surface area contributed by atoms with Gasteiger partial charge in [0.25, 0.3) is 5.91 Å². The molecule has 4 heterocycles. The largest absolute Gasteiger partial charge is 0.341 e. The van der Waals surface area contributed by atoms with E-state index in [1.165, 1.54) is 12.5 Å². The Hall–Kier alpha value is -2.15. The Morgan fingerprint density at radius 2 is 2.33 bits per heavy atom. The van der Waals surface area contributed by atoms with Crippen LogP contribution in [-0.4, -0.2) is 45.3 Å². The Morgan fingerprint density at radius 1 is 1.43 bits per heavy atom. The molecule has 2 aromatic heterocycles. The fourth-order valence-corrected chi connectivity index (χ4v) is 3.98. The van der Waals surface area contributed by atoms with Crippen molar-refractivity contribution in [2.75, 3.05) is 11.4 Å². The highest BCUT2D eigenvalue weighted by Crippen LogP contribution is 2.37. The second-order valence-corrected chi connectivity index (χ2v) is 6.12. The van der Waals surface area contributed by atoms with Crippen LogP contribution in [0.15, 0.2) is 29.4 Å². The molecule has 2 aliphatic rings. The number of nitrogens with zero attached hydrogens (tertiary/aromatic N) is 3. The maximum absolute atomic E-state index is 12.5. The van der Waals surface area contributed by atoms with Gasteiger partial charge in [-0.1, -0.05) is 0 Å². The molecule has 6 nitrogen and oxygen atoms in total. The highest BCUT2D eigenvalue weighted by Gasteiger charge is 2.49. The summed E-state index contributed by atoms with van der Waals surface area (Å²) in [5.41, 5.74) is 1.44. The molecule has 2 unspecified atom stereocenters. The summed E-state index contributed by atoms with van der Waals surface area (Å²) < 4.78 is 0. The molecule has 0 radical (unpaired) electrons. The maximum atomic E-state index is 12.5. The first kappa shape index (κ1) is 12.6. The number of hydrogen-bond acceptors (Lipinski definition) is 4. The number of anilines is 1. The third kappa shape index (κ3) is 1.88. The minimum absolute atomic E-state index is 0.0341. The lowest BCUT2D eigenvalue weighted by Crippen LogP contribution is -2.40. The number of carbonyl (C=O) groups is 2. The van der Waals surface area contributed by atoms with E-state index in [2.05, 4.69) is 9.97 Å². The normalized spacial score (nSPS) is 24.7. The van der Waals surface area contributed by atoms with E-state index in [0.29, 0.717) is 18.7 Å². The second kappa shape index (κ2) is 4.70. The van der Waals surface area contributed by atoms with Gasteiger partial charge in [-0.3, -0.25) is 9.59 Å². The summed E-state index contributed by atoms with van der Waals surface area (Å²) in [6, 6.07) is 2.02. The number of nitrogens with one attached hydrogen (secondary N) is 1. The van der Waals surface area contributed by atoms with E-state index in [1.54, 1.807) is 11.3 Å². The number of hydrogen-bond donors (Lipinski definition) is 1. The lowest BCUT2D eigenvalue weighted by atomic mass is 10.1. The molecule has 2 amide bonds. The van der Waals surface area contributed by atoms with Crippen LogP contribution in [0, 0.1) is 0 Å². The van der Waals surface area contributed by atoms with Gasteiger partial charge in [-0.2, -0.15) is 11.3 Å². The molecule has 108 valence electrons. The zero-order valence-electron chi connectivity index (χ0n) is 11.2. The third-order valence-electron chi connectivity index (χ3n) is 4.27. The minimum Gasteiger partial charge on any atom is -0.341 e. The van der Waals surface area contributed by atoms with E-state index in [4.69, 9.17) is 0 Å². The van der Waals surface area contributed by atoms with Gasteiger partial charge in [0, 0.05) is 18.3 Å². The zero-order valence-corrected chi connectivity index (χ0v) is 12.0. The van der Waals surface area contributed by atoms with Crippen LogP contribution < -0.4 is 4.90 Å². The van der Waals surface area contributed by atoms with Gasteiger partial charge >= 0.3 is 0 Å². The quantitative estimate of drug-likeness (QED) is 0.914. The van der Waals surface area contributed by atoms with Crippen LogP contribution in [0.1, 0.15) is 23.3 Å². The first-order valence-corrected chi connectivity index (χ1v) is 7.83. The number of amides is 2. The van der Waals surface area contributed by atoms with Crippen molar-refractivity contribution in [1.82, 2.24) is 14.9 Å². The minimum atomic E-state index is -0.0695. The van der Waals surface area contributed by atoms with Crippen molar-refractivity contribution in [2.45, 2.75) is 24.9 Å². The highest BCUT2D eigenvalue weighted by molar-refractivity contribution is 7.08. The number of rotatable bonds is 2. The van der Waals surface area contributed by atoms with Crippen molar-refractivity contribution in [3.8, 4) is 0 Å². The van der Waals surface area contributed by atoms with Gasteiger partial charge < -0.3 is 14.8 Å². The summed E-state index contributed by atoms with van der Waals surface area (Å²) >= 11 is 1.58. The Bertz CT molecular complexity index is 667. The molecule has 4 rings (SSSR count). The fourth-order valence-electron chi connectivity index (χ4n) is 3.36. The first-order chi connectivity index (χ1) is 10.3. The molecule has 0 aromatic carbocycles. The lowest BCUT2D eigenvalue weighted by Gasteiger charge is -2.24. The Kier molecular flexibility index (Phi) is 2.81. The van der Waals surface area contributed by atoms with Gasteiger partial charge in [-0.25, -0.2) is 4.98 Å². The van der Waals surface area contributed by atoms with Gasteiger partial charge in [-0.15, -0.1) is 0 Å². The number of likely N-dealkylation sites (tertiary alicyclic amines) is 1. The Balaban J connectivity index is 1.61. The SMILES string of the molecule is O=C(c1cnc[nH]1)N1CCC2C1CC(=O)N2c1ccsc1. The average molecular weight is 302 g/mol. The molecule has 0 saturated carbocycles. The molecule has 21 heavy (non-hydrogen) atoms. The molecule has 2 fully saturated rings. The monoisotopic (exact) mass is 302 g/mol. The lowest BCUT2D eigenvalue weighted by molar-refractivity contribution is -0.117. The van der Waals surface area contributed by atoms with Crippen molar-refractivity contribution >= 4 is 28.8 Å². The van der Waals surface area contributed by atoms with Crippen LogP contribution in [0.3, 0.4) is 0 Å². The zero-order chi connectivity index (χ0) is 14.4. The van der Waals surface area contributed by atoms with Gasteiger partial charge in [0.1, 0.15) is 5.69 Å². The first-order valence-electron chi connectivity index (χ1n) is 6.89. The number of aromatic nitrogens is 2. The molecule has 2 saturated heterocycles. The second-order valence-electron chi connectivity index (χ2n) is 5.34. The van der Waals surface area contributed by atoms with E-state index in [9.17, 15) is 9.59 Å². The smallest absolute Gasteiger partial charge is 0.272 e. The summed E-state index contributed by atoms with van der Waals surface area (Å²) in [6.45, 7) is 0.682. The van der Waals surface area contributed by atoms with Crippen LogP contribution in [0.2, 0.25) is 0 Å². The van der Waals surface area contributed by atoms with Crippen LogP contribution in [0.5, 0.6) is 0 Å². The molecular weight excluding hydrogens is 288 g/mol. The number of fused-ring (bicyclic) bond motifs is 1. The predicted octanol–water partition coefficient (Wildman–Crippen LogP) is 1.49. The van der Waals surface area contributed by atoms with Crippen molar-refractivity contribution in [2.24, 2.45) is 0 Å². The molecule has 2 aromatic rings. The van der Waals surface area contributed by atoms with Gasteiger partial charge in [0.2, 0.25) is 5.91 Å². The van der Waals surface area contributed by atoms with E-state index in [0.717, 1.165) is 12.1 Å². The van der Waals surface area contributed by atoms with Crippen LogP contribution in [-0.2, 0) is 4.79 Å². The van der Waals surface area contributed by atoms with Crippen molar-refractivity contribution in [1.29, 1.82) is 0 Å². The van der Waals surface area contributed by atoms with E-state index in [1.807, 2.05) is 26.6 Å². The number of carbonyl (C=O) groups excluding carboxylic acids is 2. The summed E-state index contributed by atoms with van der Waals surface area (Å²) in [5, 5.41) is 3.96. The summed E-state index contributed by atoms with van der Waals surface area (Å²) in [6.07, 6.45) is 4.26. The highest BCUT2D eigenvalue weighted by atomic mass is 32.1. The van der Waals surface area contributed by atoms with E-state index < -0.39 is 0 Å². The van der Waals surface area contributed by atoms with Crippen molar-refractivity contribution in [3.63, 3.8) is 0 Å². The average Bonchev–Trinajstić information content (AvgIpc) is 3.23. The van der Waals surface area contributed by atoms with Crippen LogP contribution >= 0.6 is 11.3 Å². The number of aromatic amines is 1. The number of imidazole rings is 1. The molecule has 1 N–H and O–H groups in total. The summed E-state index contributed by atoms with van der Waals surface area (Å²) in [4.78, 5) is 35.2. The van der Waals surface area contributed by atoms with Crippen LogP contribution in [0.4, 0.5) is 5.69 Å². The van der Waals surface area contributed by atoms with Crippen molar-refractivity contribution < 1.29 is 9.59 Å². The predicted molar refractivity (Wildman–Crippen MR) is 78.2 cm³/mol.